The average molecular weight is 448 g/mol. The van der Waals surface area contributed by atoms with Gasteiger partial charge < -0.3 is 0 Å². The quantitative estimate of drug-likeness (QED) is 0.407. The second-order valence-corrected chi connectivity index (χ2v) is 9.72. The van der Waals surface area contributed by atoms with Crippen LogP contribution in [0.5, 0.6) is 0 Å². The van der Waals surface area contributed by atoms with Crippen molar-refractivity contribution in [3.8, 4) is 0 Å². The molecule has 1 heterocycles. The maximum absolute atomic E-state index is 13.2. The van der Waals surface area contributed by atoms with Crippen molar-refractivity contribution in [1.29, 1.82) is 0 Å². The number of Topliss-reactive ketones (excluding diaryl/α,β-unsaturated/α-hetero) is 1. The highest BCUT2D eigenvalue weighted by molar-refractivity contribution is 9.10. The van der Waals surface area contributed by atoms with E-state index in [1.54, 1.807) is 66.9 Å². The third kappa shape index (κ3) is 4.23. The molecule has 2 aromatic carbocycles. The van der Waals surface area contributed by atoms with E-state index in [2.05, 4.69) is 20.9 Å². The minimum Gasteiger partial charge on any atom is -0.292 e. The van der Waals surface area contributed by atoms with E-state index in [1.807, 2.05) is 0 Å². The Kier molecular flexibility index (Phi) is 5.90. The van der Waals surface area contributed by atoms with Gasteiger partial charge in [0.2, 0.25) is 0 Å². The third-order valence-electron chi connectivity index (χ3n) is 3.56. The summed E-state index contributed by atoms with van der Waals surface area (Å²) in [6, 6.07) is 19.9. The molecule has 26 heavy (non-hydrogen) atoms. The molecule has 7 heteroatoms. The molecule has 0 radical (unpaired) electrons. The first kappa shape index (κ1) is 18.8. The highest BCUT2D eigenvalue weighted by Crippen LogP contribution is 2.32. The summed E-state index contributed by atoms with van der Waals surface area (Å²) in [5.41, 5.74) is 0.349. The Morgan fingerprint density at radius 2 is 1.58 bits per heavy atom. The van der Waals surface area contributed by atoms with Gasteiger partial charge in [-0.2, -0.15) is 0 Å². The van der Waals surface area contributed by atoms with Gasteiger partial charge in [-0.1, -0.05) is 64.1 Å². The monoisotopic (exact) mass is 447 g/mol. The Morgan fingerprint density at radius 3 is 2.19 bits per heavy atom. The molecule has 1 aromatic heterocycles. The number of thioether (sulfide) groups is 1. The minimum absolute atomic E-state index is 0.0958. The van der Waals surface area contributed by atoms with E-state index in [0.717, 1.165) is 16.2 Å². The van der Waals surface area contributed by atoms with Crippen LogP contribution in [-0.4, -0.2) is 23.8 Å². The molecular weight excluding hydrogens is 434 g/mol. The summed E-state index contributed by atoms with van der Waals surface area (Å²) < 4.78 is 25.8. The van der Waals surface area contributed by atoms with E-state index in [9.17, 15) is 13.2 Å². The number of halogens is 1. The van der Waals surface area contributed by atoms with Crippen molar-refractivity contribution in [1.82, 2.24) is 4.98 Å². The van der Waals surface area contributed by atoms with E-state index in [-0.39, 0.29) is 4.90 Å². The van der Waals surface area contributed by atoms with Gasteiger partial charge in [0.25, 0.3) is 0 Å². The molecule has 0 aliphatic heterocycles. The number of rotatable bonds is 6. The number of benzene rings is 2. The lowest BCUT2D eigenvalue weighted by atomic mass is 10.1. The molecule has 3 aromatic rings. The average Bonchev–Trinajstić information content (AvgIpc) is 2.67. The number of sulfone groups is 1. The highest BCUT2D eigenvalue weighted by Gasteiger charge is 2.36. The van der Waals surface area contributed by atoms with Crippen LogP contribution in [0.15, 0.2) is 93.4 Å². The lowest BCUT2D eigenvalue weighted by molar-refractivity contribution is 0.101. The van der Waals surface area contributed by atoms with E-state index in [0.29, 0.717) is 10.6 Å². The van der Waals surface area contributed by atoms with Crippen LogP contribution in [-0.2, 0) is 9.84 Å². The lowest BCUT2D eigenvalue weighted by Gasteiger charge is -2.16. The van der Waals surface area contributed by atoms with Gasteiger partial charge in [-0.05, 0) is 36.4 Å². The molecule has 132 valence electrons. The first-order valence-electron chi connectivity index (χ1n) is 7.65. The van der Waals surface area contributed by atoms with Gasteiger partial charge in [-0.25, -0.2) is 13.4 Å². The second kappa shape index (κ2) is 8.16. The van der Waals surface area contributed by atoms with Crippen LogP contribution in [0.3, 0.4) is 0 Å². The summed E-state index contributed by atoms with van der Waals surface area (Å²) in [7, 11) is -3.91. The molecule has 1 atom stereocenters. The van der Waals surface area contributed by atoms with Crippen molar-refractivity contribution in [2.24, 2.45) is 0 Å². The largest absolute Gasteiger partial charge is 0.292 e. The minimum atomic E-state index is -3.91. The number of nitrogens with zero attached hydrogens (tertiary/aromatic N) is 1. The van der Waals surface area contributed by atoms with Crippen molar-refractivity contribution in [3.63, 3.8) is 0 Å². The first-order valence-corrected chi connectivity index (χ1v) is 10.9. The van der Waals surface area contributed by atoms with Gasteiger partial charge in [-0.15, -0.1) is 0 Å². The van der Waals surface area contributed by atoms with Gasteiger partial charge in [0.1, 0.15) is 0 Å². The van der Waals surface area contributed by atoms with Crippen LogP contribution in [0.4, 0.5) is 0 Å². The molecule has 1 unspecified atom stereocenters. The Balaban J connectivity index is 2.04. The predicted molar refractivity (Wildman–Crippen MR) is 106 cm³/mol. The third-order valence-corrected chi connectivity index (χ3v) is 7.76. The highest BCUT2D eigenvalue weighted by atomic mass is 79.9. The summed E-state index contributed by atoms with van der Waals surface area (Å²) >= 11 is 4.23. The van der Waals surface area contributed by atoms with Crippen molar-refractivity contribution in [2.45, 2.75) is 14.5 Å². The zero-order chi connectivity index (χ0) is 18.6. The number of hydrogen-bond donors (Lipinski definition) is 0. The molecule has 0 saturated heterocycles. The zero-order valence-electron chi connectivity index (χ0n) is 13.4. The summed E-state index contributed by atoms with van der Waals surface area (Å²) in [5, 5.41) is 0.475. The van der Waals surface area contributed by atoms with E-state index >= 15 is 0 Å². The first-order chi connectivity index (χ1) is 12.5. The topological polar surface area (TPSA) is 64.1 Å². The second-order valence-electron chi connectivity index (χ2n) is 5.35. The molecule has 4 nitrogen and oxygen atoms in total. The van der Waals surface area contributed by atoms with Gasteiger partial charge >= 0.3 is 0 Å². The van der Waals surface area contributed by atoms with Crippen molar-refractivity contribution in [2.75, 3.05) is 0 Å². The van der Waals surface area contributed by atoms with Crippen LogP contribution in [0.25, 0.3) is 0 Å². The Morgan fingerprint density at radius 1 is 0.923 bits per heavy atom. The lowest BCUT2D eigenvalue weighted by Crippen LogP contribution is -2.27. The Hall–Kier alpha value is -1.96. The molecule has 0 saturated carbocycles. The van der Waals surface area contributed by atoms with Crippen LogP contribution in [0.2, 0.25) is 0 Å². The van der Waals surface area contributed by atoms with Crippen LogP contribution in [0, 0.1) is 0 Å². The smallest absolute Gasteiger partial charge is 0.198 e. The molecule has 0 bridgehead atoms. The molecule has 0 amide bonds. The summed E-state index contributed by atoms with van der Waals surface area (Å²) in [6.07, 6.45) is 1.57. The van der Waals surface area contributed by atoms with Gasteiger partial charge in [0, 0.05) is 16.2 Å². The van der Waals surface area contributed by atoms with Crippen molar-refractivity contribution >= 4 is 43.3 Å². The van der Waals surface area contributed by atoms with Gasteiger partial charge in [0.05, 0.1) is 9.92 Å². The number of pyridine rings is 1. The molecule has 3 rings (SSSR count). The molecule has 0 aliphatic rings. The van der Waals surface area contributed by atoms with E-state index < -0.39 is 20.2 Å². The zero-order valence-corrected chi connectivity index (χ0v) is 16.7. The molecule has 0 fully saturated rings. The van der Waals surface area contributed by atoms with Crippen LogP contribution >= 0.6 is 27.7 Å². The summed E-state index contributed by atoms with van der Waals surface area (Å²) in [6.45, 7) is 0. The van der Waals surface area contributed by atoms with Gasteiger partial charge in [0.15, 0.2) is 20.2 Å². The fourth-order valence-corrected chi connectivity index (χ4v) is 5.59. The summed E-state index contributed by atoms with van der Waals surface area (Å²) in [5.74, 6) is -0.468. The number of aromatic nitrogens is 1. The molecule has 0 N–H and O–H groups in total. The SMILES string of the molecule is O=C(c1ccccc1)C(Sc1ccccn1)S(=O)(=O)c1ccc(Br)cc1. The summed E-state index contributed by atoms with van der Waals surface area (Å²) in [4.78, 5) is 17.2. The Bertz CT molecular complexity index is 992. The standard InChI is InChI=1S/C19H14BrNO3S2/c20-15-9-11-16(12-10-15)26(23,24)19(25-17-8-4-5-13-21-17)18(22)14-6-2-1-3-7-14/h1-13,19H. The number of ketones is 1. The normalized spacial score (nSPS) is 12.5. The number of hydrogen-bond acceptors (Lipinski definition) is 5. The Labute approximate surface area is 164 Å². The van der Waals surface area contributed by atoms with Gasteiger partial charge in [-0.3, -0.25) is 4.79 Å². The van der Waals surface area contributed by atoms with E-state index in [4.69, 9.17) is 0 Å². The fraction of sp³-hybridized carbons (Fsp3) is 0.0526. The van der Waals surface area contributed by atoms with E-state index in [1.165, 1.54) is 12.1 Å². The maximum Gasteiger partial charge on any atom is 0.198 e. The maximum atomic E-state index is 13.2. The number of carbonyl (C=O) groups is 1. The van der Waals surface area contributed by atoms with Crippen LogP contribution in [0.1, 0.15) is 10.4 Å². The predicted octanol–water partition coefficient (Wildman–Crippen LogP) is 4.62. The van der Waals surface area contributed by atoms with Crippen molar-refractivity contribution < 1.29 is 13.2 Å². The molecular formula is C19H14BrNO3S2. The number of carbonyl (C=O) groups excluding carboxylic acids is 1. The fourth-order valence-electron chi connectivity index (χ4n) is 2.27. The van der Waals surface area contributed by atoms with Crippen LogP contribution < -0.4 is 0 Å². The molecule has 0 aliphatic carbocycles. The molecule has 0 spiro atoms. The van der Waals surface area contributed by atoms with Crippen molar-refractivity contribution in [3.05, 3.63) is 89.0 Å².